The first-order valence-corrected chi connectivity index (χ1v) is 6.85. The normalized spacial score (nSPS) is 10.8. The van der Waals surface area contributed by atoms with Gasteiger partial charge in [-0.2, -0.15) is 5.10 Å². The molecule has 4 nitrogen and oxygen atoms in total. The molecule has 0 aromatic heterocycles. The van der Waals surface area contributed by atoms with Gasteiger partial charge in [0.25, 0.3) is 5.91 Å². The molecule has 1 rings (SSSR count). The van der Waals surface area contributed by atoms with E-state index in [9.17, 15) is 4.79 Å². The maximum Gasteiger partial charge on any atom is 0.271 e. The minimum atomic E-state index is -0.262. The van der Waals surface area contributed by atoms with Crippen LogP contribution in [-0.2, 0) is 0 Å². The van der Waals surface area contributed by atoms with Crippen LogP contribution in [0.4, 0.5) is 0 Å². The number of nitrogens with zero attached hydrogens (tertiary/aromatic N) is 1. The van der Waals surface area contributed by atoms with Crippen LogP contribution in [-0.4, -0.2) is 17.2 Å². The molecule has 0 fully saturated rings. The lowest BCUT2D eigenvalue weighted by molar-refractivity contribution is 0.0955. The van der Waals surface area contributed by atoms with Gasteiger partial charge in [-0.15, -0.1) is 0 Å². The standard InChI is InChI=1S/C15H22N2O2/c1-2-3-4-5-6-7-12-16-17-15(19)13-8-10-14(18)11-9-13/h8-12,18H,2-7H2,1H3,(H,17,19). The fourth-order valence-corrected chi connectivity index (χ4v) is 1.69. The van der Waals surface area contributed by atoms with E-state index < -0.39 is 0 Å². The Kier molecular flexibility index (Phi) is 7.32. The molecule has 0 heterocycles. The average Bonchev–Trinajstić information content (AvgIpc) is 2.42. The number of hydrogen-bond acceptors (Lipinski definition) is 3. The fraction of sp³-hybridized carbons (Fsp3) is 0.467. The van der Waals surface area contributed by atoms with E-state index in [1.54, 1.807) is 18.3 Å². The zero-order valence-corrected chi connectivity index (χ0v) is 11.4. The molecule has 1 aromatic rings. The number of phenolic OH excluding ortho intramolecular Hbond substituents is 1. The molecule has 0 radical (unpaired) electrons. The molecule has 0 unspecified atom stereocenters. The van der Waals surface area contributed by atoms with Crippen LogP contribution in [0.5, 0.6) is 5.75 Å². The molecule has 0 aliphatic heterocycles. The van der Waals surface area contributed by atoms with Gasteiger partial charge in [-0.1, -0.05) is 32.6 Å². The molecule has 2 N–H and O–H groups in total. The summed E-state index contributed by atoms with van der Waals surface area (Å²) in [5.41, 5.74) is 2.95. The summed E-state index contributed by atoms with van der Waals surface area (Å²) >= 11 is 0. The van der Waals surface area contributed by atoms with E-state index in [-0.39, 0.29) is 11.7 Å². The molecule has 0 bridgehead atoms. The summed E-state index contributed by atoms with van der Waals surface area (Å²) in [7, 11) is 0. The second-order valence-electron chi connectivity index (χ2n) is 4.50. The maximum atomic E-state index is 11.6. The van der Waals surface area contributed by atoms with Crippen molar-refractivity contribution >= 4 is 12.1 Å². The van der Waals surface area contributed by atoms with Crippen molar-refractivity contribution in [2.24, 2.45) is 5.10 Å². The molecular formula is C15H22N2O2. The smallest absolute Gasteiger partial charge is 0.271 e. The molecule has 1 aromatic carbocycles. The zero-order chi connectivity index (χ0) is 13.9. The molecule has 104 valence electrons. The number of carbonyl (C=O) groups is 1. The van der Waals surface area contributed by atoms with Gasteiger partial charge in [-0.25, -0.2) is 5.43 Å². The quantitative estimate of drug-likeness (QED) is 0.428. The van der Waals surface area contributed by atoms with Gasteiger partial charge in [-0.3, -0.25) is 4.79 Å². The zero-order valence-electron chi connectivity index (χ0n) is 11.4. The number of hydrogen-bond donors (Lipinski definition) is 2. The van der Waals surface area contributed by atoms with Crippen molar-refractivity contribution in [1.82, 2.24) is 5.43 Å². The number of benzene rings is 1. The molecule has 19 heavy (non-hydrogen) atoms. The highest BCUT2D eigenvalue weighted by atomic mass is 16.3. The van der Waals surface area contributed by atoms with Gasteiger partial charge in [0.2, 0.25) is 0 Å². The average molecular weight is 262 g/mol. The molecule has 0 aliphatic carbocycles. The third-order valence-electron chi connectivity index (χ3n) is 2.82. The van der Waals surface area contributed by atoms with Crippen LogP contribution in [0.25, 0.3) is 0 Å². The molecule has 0 spiro atoms. The Labute approximate surface area is 114 Å². The minimum Gasteiger partial charge on any atom is -0.508 e. The van der Waals surface area contributed by atoms with E-state index in [1.807, 2.05) is 0 Å². The second kappa shape index (κ2) is 9.14. The van der Waals surface area contributed by atoms with Crippen molar-refractivity contribution in [1.29, 1.82) is 0 Å². The molecular weight excluding hydrogens is 240 g/mol. The Morgan fingerprint density at radius 2 is 1.89 bits per heavy atom. The van der Waals surface area contributed by atoms with Gasteiger partial charge in [0, 0.05) is 11.8 Å². The van der Waals surface area contributed by atoms with Crippen LogP contribution in [0.1, 0.15) is 55.8 Å². The molecule has 0 saturated carbocycles. The number of carbonyl (C=O) groups excluding carboxylic acids is 1. The van der Waals surface area contributed by atoms with E-state index in [4.69, 9.17) is 5.11 Å². The lowest BCUT2D eigenvalue weighted by atomic mass is 10.1. The molecule has 4 heteroatoms. The first-order valence-electron chi connectivity index (χ1n) is 6.85. The fourth-order valence-electron chi connectivity index (χ4n) is 1.69. The van der Waals surface area contributed by atoms with Crippen LogP contribution >= 0.6 is 0 Å². The van der Waals surface area contributed by atoms with Crippen LogP contribution in [0.15, 0.2) is 29.4 Å². The van der Waals surface area contributed by atoms with Gasteiger partial charge in [-0.05, 0) is 37.1 Å². The van der Waals surface area contributed by atoms with Crippen molar-refractivity contribution in [2.75, 3.05) is 0 Å². The number of hydrazone groups is 1. The van der Waals surface area contributed by atoms with Crippen LogP contribution in [0, 0.1) is 0 Å². The van der Waals surface area contributed by atoms with Crippen molar-refractivity contribution in [3.63, 3.8) is 0 Å². The number of unbranched alkanes of at least 4 members (excludes halogenated alkanes) is 5. The van der Waals surface area contributed by atoms with Gasteiger partial charge in [0.15, 0.2) is 0 Å². The summed E-state index contributed by atoms with van der Waals surface area (Å²) < 4.78 is 0. The molecule has 0 saturated heterocycles. The van der Waals surface area contributed by atoms with Crippen LogP contribution in [0.2, 0.25) is 0 Å². The topological polar surface area (TPSA) is 61.7 Å². The van der Waals surface area contributed by atoms with Crippen molar-refractivity contribution in [2.45, 2.75) is 45.4 Å². The van der Waals surface area contributed by atoms with Gasteiger partial charge in [0.1, 0.15) is 5.75 Å². The largest absolute Gasteiger partial charge is 0.508 e. The molecule has 0 atom stereocenters. The van der Waals surface area contributed by atoms with E-state index in [0.29, 0.717) is 5.56 Å². The summed E-state index contributed by atoms with van der Waals surface area (Å²) in [4.78, 5) is 11.6. The monoisotopic (exact) mass is 262 g/mol. The van der Waals surface area contributed by atoms with E-state index in [2.05, 4.69) is 17.5 Å². The van der Waals surface area contributed by atoms with E-state index >= 15 is 0 Å². The van der Waals surface area contributed by atoms with Crippen molar-refractivity contribution in [3.8, 4) is 5.75 Å². The Morgan fingerprint density at radius 3 is 2.58 bits per heavy atom. The third kappa shape index (κ3) is 6.60. The maximum absolute atomic E-state index is 11.6. The van der Waals surface area contributed by atoms with Crippen molar-refractivity contribution in [3.05, 3.63) is 29.8 Å². The number of phenols is 1. The summed E-state index contributed by atoms with van der Waals surface area (Å²) in [6, 6.07) is 6.08. The van der Waals surface area contributed by atoms with Gasteiger partial charge >= 0.3 is 0 Å². The summed E-state index contributed by atoms with van der Waals surface area (Å²) in [6.45, 7) is 2.19. The number of nitrogens with one attached hydrogen (secondary N) is 1. The summed E-state index contributed by atoms with van der Waals surface area (Å²) in [5, 5.41) is 13.0. The first-order chi connectivity index (χ1) is 9.24. The second-order valence-corrected chi connectivity index (χ2v) is 4.50. The highest BCUT2D eigenvalue weighted by Crippen LogP contribution is 2.09. The van der Waals surface area contributed by atoms with Crippen LogP contribution in [0.3, 0.4) is 0 Å². The minimum absolute atomic E-state index is 0.145. The Bertz CT molecular complexity index is 399. The van der Waals surface area contributed by atoms with E-state index in [1.165, 1.54) is 37.8 Å². The predicted octanol–water partition coefficient (Wildman–Crippen LogP) is 3.47. The Hall–Kier alpha value is -1.84. The molecule has 0 aliphatic rings. The Morgan fingerprint density at radius 1 is 1.21 bits per heavy atom. The summed E-state index contributed by atoms with van der Waals surface area (Å²) in [6.07, 6.45) is 8.75. The number of rotatable bonds is 8. The highest BCUT2D eigenvalue weighted by molar-refractivity contribution is 5.94. The SMILES string of the molecule is CCCCCCCC=NNC(=O)c1ccc(O)cc1. The first kappa shape index (κ1) is 15.2. The van der Waals surface area contributed by atoms with Crippen LogP contribution < -0.4 is 5.43 Å². The van der Waals surface area contributed by atoms with Gasteiger partial charge < -0.3 is 5.11 Å². The lowest BCUT2D eigenvalue weighted by Gasteiger charge is -2.00. The lowest BCUT2D eigenvalue weighted by Crippen LogP contribution is -2.17. The molecule has 1 amide bonds. The van der Waals surface area contributed by atoms with Crippen molar-refractivity contribution < 1.29 is 9.90 Å². The third-order valence-corrected chi connectivity index (χ3v) is 2.82. The van der Waals surface area contributed by atoms with Gasteiger partial charge in [0.05, 0.1) is 0 Å². The van der Waals surface area contributed by atoms with E-state index in [0.717, 1.165) is 12.8 Å². The number of amides is 1. The highest BCUT2D eigenvalue weighted by Gasteiger charge is 2.02. The number of aromatic hydroxyl groups is 1. The summed E-state index contributed by atoms with van der Waals surface area (Å²) in [5.74, 6) is -0.116. The predicted molar refractivity (Wildman–Crippen MR) is 77.4 cm³/mol. The Balaban J connectivity index is 2.17.